The predicted octanol–water partition coefficient (Wildman–Crippen LogP) is 3.20. The number of pyridine rings is 1. The van der Waals surface area contributed by atoms with Crippen molar-refractivity contribution in [1.82, 2.24) is 9.97 Å². The van der Waals surface area contributed by atoms with Crippen LogP contribution in [0.25, 0.3) is 0 Å². The molecule has 2 aromatic heterocycles. The van der Waals surface area contributed by atoms with Gasteiger partial charge in [-0.1, -0.05) is 0 Å². The van der Waals surface area contributed by atoms with E-state index in [9.17, 15) is 15.0 Å². The van der Waals surface area contributed by atoms with Crippen molar-refractivity contribution in [3.8, 4) is 0 Å². The Morgan fingerprint density at radius 1 is 1.37 bits per heavy atom. The van der Waals surface area contributed by atoms with Crippen molar-refractivity contribution in [2.75, 3.05) is 5.32 Å². The summed E-state index contributed by atoms with van der Waals surface area (Å²) in [4.78, 5) is 21.9. The molecule has 2 aliphatic rings. The molecule has 2 aromatic rings. The van der Waals surface area contributed by atoms with Crippen LogP contribution in [0.1, 0.15) is 72.2 Å². The van der Waals surface area contributed by atoms with E-state index in [1.807, 2.05) is 6.92 Å². The zero-order valence-electron chi connectivity index (χ0n) is 17.4. The van der Waals surface area contributed by atoms with Gasteiger partial charge in [0.1, 0.15) is 14.8 Å². The van der Waals surface area contributed by atoms with Crippen LogP contribution in [0, 0.1) is 6.92 Å². The molecule has 5 N–H and O–H groups in total. The number of aryl methyl sites for hydroxylation is 1. The molecule has 2 heterocycles. The number of nitrogens with one attached hydrogen (secondary N) is 1. The van der Waals surface area contributed by atoms with Crippen LogP contribution in [-0.2, 0) is 35.9 Å². The maximum Gasteiger partial charge on any atom is 0.352 e. The number of carbonyl (C=O) groups is 1. The number of rotatable bonds is 5. The van der Waals surface area contributed by atoms with Crippen molar-refractivity contribution in [2.45, 2.75) is 75.2 Å². The molecule has 0 aliphatic heterocycles. The summed E-state index contributed by atoms with van der Waals surface area (Å²) in [5, 5.41) is 29.4. The number of anilines is 1. The molecule has 1 saturated carbocycles. The molecule has 1 fully saturated rings. The van der Waals surface area contributed by atoms with Gasteiger partial charge >= 0.3 is 6.03 Å². The van der Waals surface area contributed by atoms with Gasteiger partial charge in [0.15, 0.2) is 0 Å². The molecule has 10 heteroatoms. The first-order valence-corrected chi connectivity index (χ1v) is 12.1. The van der Waals surface area contributed by atoms with Crippen LogP contribution in [0.3, 0.4) is 0 Å². The first kappa shape index (κ1) is 21.5. The minimum atomic E-state index is -1.29. The zero-order chi connectivity index (χ0) is 21.6. The maximum absolute atomic E-state index is 12.7. The maximum atomic E-state index is 12.7. The van der Waals surface area contributed by atoms with E-state index in [4.69, 9.17) is 10.1 Å². The second kappa shape index (κ2) is 8.08. The summed E-state index contributed by atoms with van der Waals surface area (Å²) < 4.78 is 4.62. The minimum absolute atomic E-state index is 0.332. The fourth-order valence-corrected chi connectivity index (χ4v) is 5.91. The third-order valence-corrected chi connectivity index (χ3v) is 8.35. The molecule has 8 nitrogen and oxygen atoms in total. The van der Waals surface area contributed by atoms with E-state index < -0.39 is 22.5 Å². The van der Waals surface area contributed by atoms with Crippen molar-refractivity contribution in [3.05, 3.63) is 33.2 Å². The summed E-state index contributed by atoms with van der Waals surface area (Å²) in [7, 11) is -1.29. The van der Waals surface area contributed by atoms with Gasteiger partial charge in [-0.15, -0.1) is 11.3 Å². The Labute approximate surface area is 182 Å². The van der Waals surface area contributed by atoms with E-state index in [-0.39, 0.29) is 6.61 Å². The van der Waals surface area contributed by atoms with Gasteiger partial charge in [0.05, 0.1) is 18.0 Å². The van der Waals surface area contributed by atoms with E-state index in [0.29, 0.717) is 20.8 Å². The van der Waals surface area contributed by atoms with Gasteiger partial charge in [-0.2, -0.15) is 4.36 Å². The first-order chi connectivity index (χ1) is 14.2. The number of nitrogens with zero attached hydrogens (tertiary/aromatic N) is 3. The Kier molecular flexibility index (Phi) is 5.80. The van der Waals surface area contributed by atoms with Crippen molar-refractivity contribution in [1.29, 1.82) is 0 Å². The summed E-state index contributed by atoms with van der Waals surface area (Å²) in [6.45, 7) is 4.90. The third kappa shape index (κ3) is 4.19. The van der Waals surface area contributed by atoms with Gasteiger partial charge in [-0.3, -0.25) is 10.1 Å². The Balaban J connectivity index is 1.63. The zero-order valence-corrected chi connectivity index (χ0v) is 19.0. The number of fused-ring (bicyclic) bond motifs is 1. The lowest BCUT2D eigenvalue weighted by Crippen LogP contribution is -2.15. The summed E-state index contributed by atoms with van der Waals surface area (Å²) in [6, 6.07) is -0.520. The van der Waals surface area contributed by atoms with E-state index >= 15 is 0 Å². The minimum Gasteiger partial charge on any atom is -0.390 e. The molecule has 1 atom stereocenters. The van der Waals surface area contributed by atoms with Gasteiger partial charge in [0.2, 0.25) is 0 Å². The molecular formula is C20H27N5O3S2. The number of aliphatic hydroxyl groups excluding tert-OH is 1. The van der Waals surface area contributed by atoms with Crippen molar-refractivity contribution in [3.63, 3.8) is 0 Å². The molecule has 0 radical (unpaired) electrons. The number of thiazole rings is 1. The monoisotopic (exact) mass is 449 g/mol. The highest BCUT2D eigenvalue weighted by atomic mass is 32.2. The van der Waals surface area contributed by atoms with Crippen LogP contribution in [-0.4, -0.2) is 26.2 Å². The standard InChI is InChI=1S/C20H27N5O3S2/c1-10-15(11-7-8-11)22-13-6-4-5-12(13)16(10)24-19(27)25-30(21)17-14(9-26)23-18(29-17)20(2,3)28/h11,26,28H,4-9H2,1-3H3,(H3,21,22,24,25,27). The summed E-state index contributed by atoms with van der Waals surface area (Å²) in [5.41, 5.74) is 4.33. The highest BCUT2D eigenvalue weighted by molar-refractivity contribution is 7.87. The van der Waals surface area contributed by atoms with Crippen LogP contribution in [0.4, 0.5) is 10.5 Å². The molecule has 1 unspecified atom stereocenters. The van der Waals surface area contributed by atoms with Crippen LogP contribution < -0.4 is 10.5 Å². The number of urea groups is 1. The second-order valence-corrected chi connectivity index (χ2v) is 10.8. The van der Waals surface area contributed by atoms with E-state index in [1.165, 1.54) is 11.3 Å². The van der Waals surface area contributed by atoms with Gasteiger partial charge in [0, 0.05) is 28.2 Å². The van der Waals surface area contributed by atoms with Gasteiger partial charge in [-0.25, -0.2) is 9.78 Å². The Bertz CT molecular complexity index is 1040. The normalized spacial score (nSPS) is 17.3. The smallest absolute Gasteiger partial charge is 0.352 e. The molecule has 0 saturated heterocycles. The number of aliphatic hydroxyl groups is 2. The number of hydrogen-bond donors (Lipinski definition) is 4. The van der Waals surface area contributed by atoms with Crippen molar-refractivity contribution >= 4 is 33.9 Å². The van der Waals surface area contributed by atoms with E-state index in [2.05, 4.69) is 14.7 Å². The molecule has 0 spiro atoms. The molecule has 4 rings (SSSR count). The van der Waals surface area contributed by atoms with Crippen LogP contribution >= 0.6 is 11.3 Å². The molecular weight excluding hydrogens is 422 g/mol. The average Bonchev–Trinajstić information content (AvgIpc) is 3.23. The van der Waals surface area contributed by atoms with Crippen LogP contribution in [0.5, 0.6) is 0 Å². The number of hydrogen-bond acceptors (Lipinski definition) is 6. The average molecular weight is 450 g/mol. The van der Waals surface area contributed by atoms with Gasteiger partial charge < -0.3 is 15.5 Å². The summed E-state index contributed by atoms with van der Waals surface area (Å²) >= 11 is 1.17. The Hall–Kier alpha value is -1.72. The Morgan fingerprint density at radius 2 is 2.10 bits per heavy atom. The fraction of sp³-hybridized carbons (Fsp3) is 0.550. The second-order valence-electron chi connectivity index (χ2n) is 8.36. The van der Waals surface area contributed by atoms with Crippen LogP contribution in [0.2, 0.25) is 0 Å². The topological polar surface area (TPSA) is 134 Å². The number of carbonyl (C=O) groups excluding carboxylic acids is 1. The fourth-order valence-electron chi connectivity index (χ4n) is 3.75. The Morgan fingerprint density at radius 3 is 2.73 bits per heavy atom. The molecule has 0 bridgehead atoms. The summed E-state index contributed by atoms with van der Waals surface area (Å²) in [6.07, 6.45) is 5.18. The molecule has 162 valence electrons. The van der Waals surface area contributed by atoms with Crippen molar-refractivity contribution in [2.24, 2.45) is 9.50 Å². The van der Waals surface area contributed by atoms with Crippen molar-refractivity contribution < 1.29 is 15.0 Å². The molecule has 2 amide bonds. The predicted molar refractivity (Wildman–Crippen MR) is 118 cm³/mol. The number of amides is 2. The molecule has 30 heavy (non-hydrogen) atoms. The van der Waals surface area contributed by atoms with E-state index in [1.54, 1.807) is 13.8 Å². The number of nitrogens with two attached hydrogens (primary N) is 1. The van der Waals surface area contributed by atoms with Gasteiger partial charge in [0.25, 0.3) is 0 Å². The largest absolute Gasteiger partial charge is 0.390 e. The first-order valence-electron chi connectivity index (χ1n) is 10.1. The number of aromatic nitrogens is 2. The van der Waals surface area contributed by atoms with Gasteiger partial charge in [-0.05, 0) is 64.0 Å². The lowest BCUT2D eigenvalue weighted by atomic mass is 10.0. The molecule has 0 aromatic carbocycles. The molecule has 2 aliphatic carbocycles. The summed E-state index contributed by atoms with van der Waals surface area (Å²) in [5.74, 6) is 0.497. The lowest BCUT2D eigenvalue weighted by Gasteiger charge is -2.16. The third-order valence-electron chi connectivity index (χ3n) is 5.41. The highest BCUT2D eigenvalue weighted by Crippen LogP contribution is 2.44. The highest BCUT2D eigenvalue weighted by Gasteiger charge is 2.31. The van der Waals surface area contributed by atoms with E-state index in [0.717, 1.165) is 60.3 Å². The SMILES string of the molecule is Cc1c(C2CC2)nc2c(c1NC(=O)N=S(N)c1sc(C(C)(C)O)nc1CO)CCC2. The quantitative estimate of drug-likeness (QED) is 0.554. The van der Waals surface area contributed by atoms with Crippen LogP contribution in [0.15, 0.2) is 8.57 Å². The lowest BCUT2D eigenvalue weighted by molar-refractivity contribution is 0.0779.